The predicted molar refractivity (Wildman–Crippen MR) is 63.8 cm³/mol. The van der Waals surface area contributed by atoms with E-state index >= 15 is 0 Å². The van der Waals surface area contributed by atoms with Gasteiger partial charge in [-0.15, -0.1) is 0 Å². The topological polar surface area (TPSA) is 12.4 Å². The Morgan fingerprint density at radius 2 is 2.00 bits per heavy atom. The Labute approximate surface area is 107 Å². The van der Waals surface area contributed by atoms with Gasteiger partial charge < -0.3 is 0 Å². The molecule has 1 aromatic carbocycles. The average molecular weight is 269 g/mol. The molecule has 0 saturated carbocycles. The standard InChI is InChI=1S/C14H11F4N/c15-13-5-8(2-4-12(13)14(16,17)18)10-3-1-9-6-19-7-11(9)10/h2,4-5,7,10H,1,3,6H2/t10-/m1/s1. The van der Waals surface area contributed by atoms with Crippen LogP contribution >= 0.6 is 0 Å². The lowest BCUT2D eigenvalue weighted by Gasteiger charge is -2.14. The second kappa shape index (κ2) is 4.18. The van der Waals surface area contributed by atoms with E-state index in [1.165, 1.54) is 11.6 Å². The van der Waals surface area contributed by atoms with Crippen molar-refractivity contribution in [2.24, 2.45) is 4.99 Å². The lowest BCUT2D eigenvalue weighted by Crippen LogP contribution is -2.09. The fourth-order valence-electron chi connectivity index (χ4n) is 2.79. The van der Waals surface area contributed by atoms with Crippen molar-refractivity contribution in [3.05, 3.63) is 46.3 Å². The number of aliphatic imine (C=N–C) groups is 1. The Hall–Kier alpha value is -1.65. The van der Waals surface area contributed by atoms with Crippen LogP contribution in [-0.4, -0.2) is 12.8 Å². The van der Waals surface area contributed by atoms with Gasteiger partial charge in [-0.3, -0.25) is 4.99 Å². The monoisotopic (exact) mass is 269 g/mol. The van der Waals surface area contributed by atoms with Gasteiger partial charge in [-0.25, -0.2) is 4.39 Å². The molecule has 5 heteroatoms. The summed E-state index contributed by atoms with van der Waals surface area (Å²) in [6.07, 6.45) is -1.16. The molecule has 0 aromatic heterocycles. The molecule has 0 unspecified atom stereocenters. The molecule has 0 spiro atoms. The molecular weight excluding hydrogens is 258 g/mol. The summed E-state index contributed by atoms with van der Waals surface area (Å²) in [5, 5.41) is 0. The molecule has 0 saturated heterocycles. The number of benzene rings is 1. The highest BCUT2D eigenvalue weighted by atomic mass is 19.4. The first-order valence-electron chi connectivity index (χ1n) is 6.05. The molecule has 1 aliphatic heterocycles. The number of nitrogens with zero attached hydrogens (tertiary/aromatic N) is 1. The largest absolute Gasteiger partial charge is 0.419 e. The van der Waals surface area contributed by atoms with Crippen molar-refractivity contribution < 1.29 is 17.6 Å². The molecular formula is C14H11F4N. The maximum atomic E-state index is 13.6. The third kappa shape index (κ3) is 2.07. The zero-order chi connectivity index (χ0) is 13.6. The van der Waals surface area contributed by atoms with Gasteiger partial charge in [-0.2, -0.15) is 13.2 Å². The van der Waals surface area contributed by atoms with Gasteiger partial charge in [0, 0.05) is 12.1 Å². The van der Waals surface area contributed by atoms with Crippen molar-refractivity contribution in [3.63, 3.8) is 0 Å². The molecule has 1 nitrogen and oxygen atoms in total. The Balaban J connectivity index is 1.96. The van der Waals surface area contributed by atoms with E-state index in [1.54, 1.807) is 6.21 Å². The number of hydrogen-bond donors (Lipinski definition) is 0. The van der Waals surface area contributed by atoms with Crippen LogP contribution < -0.4 is 0 Å². The SMILES string of the molecule is Fc1cc([C@H]2CCC3=C2C=NC3)ccc1C(F)(F)F. The third-order valence-electron chi connectivity index (χ3n) is 3.73. The first kappa shape index (κ1) is 12.4. The molecule has 0 fully saturated rings. The summed E-state index contributed by atoms with van der Waals surface area (Å²) >= 11 is 0. The molecule has 2 aliphatic rings. The summed E-state index contributed by atoms with van der Waals surface area (Å²) in [7, 11) is 0. The first-order chi connectivity index (χ1) is 8.97. The molecule has 1 heterocycles. The lowest BCUT2D eigenvalue weighted by molar-refractivity contribution is -0.140. The Morgan fingerprint density at radius 3 is 2.68 bits per heavy atom. The highest BCUT2D eigenvalue weighted by Gasteiger charge is 2.35. The van der Waals surface area contributed by atoms with Gasteiger partial charge in [-0.1, -0.05) is 6.07 Å². The molecule has 0 amide bonds. The van der Waals surface area contributed by atoms with Gasteiger partial charge in [0.15, 0.2) is 0 Å². The van der Waals surface area contributed by atoms with Crippen molar-refractivity contribution in [2.75, 3.05) is 6.54 Å². The van der Waals surface area contributed by atoms with Crippen LogP contribution in [0.25, 0.3) is 0 Å². The summed E-state index contributed by atoms with van der Waals surface area (Å²) in [6, 6.07) is 3.21. The van der Waals surface area contributed by atoms with Crippen LogP contribution in [0.15, 0.2) is 34.3 Å². The van der Waals surface area contributed by atoms with E-state index in [1.807, 2.05) is 0 Å². The zero-order valence-corrected chi connectivity index (χ0v) is 9.97. The van der Waals surface area contributed by atoms with Crippen molar-refractivity contribution in [3.8, 4) is 0 Å². The van der Waals surface area contributed by atoms with Crippen LogP contribution in [0.1, 0.15) is 29.9 Å². The molecule has 3 rings (SSSR count). The number of halogens is 4. The van der Waals surface area contributed by atoms with E-state index in [2.05, 4.69) is 4.99 Å². The van der Waals surface area contributed by atoms with Gasteiger partial charge in [0.2, 0.25) is 0 Å². The minimum Gasteiger partial charge on any atom is -0.288 e. The molecule has 0 N–H and O–H groups in total. The van der Waals surface area contributed by atoms with Gasteiger partial charge in [0.25, 0.3) is 0 Å². The third-order valence-corrected chi connectivity index (χ3v) is 3.73. The van der Waals surface area contributed by atoms with Crippen LogP contribution in [0.3, 0.4) is 0 Å². The quantitative estimate of drug-likeness (QED) is 0.680. The predicted octanol–water partition coefficient (Wildman–Crippen LogP) is 4.10. The van der Waals surface area contributed by atoms with E-state index < -0.39 is 17.6 Å². The summed E-state index contributed by atoms with van der Waals surface area (Å²) in [5.41, 5.74) is 1.68. The molecule has 1 aliphatic carbocycles. The fraction of sp³-hybridized carbons (Fsp3) is 0.357. The van der Waals surface area contributed by atoms with Gasteiger partial charge in [0.1, 0.15) is 5.82 Å². The molecule has 1 aromatic rings. The van der Waals surface area contributed by atoms with Crippen LogP contribution in [0, 0.1) is 5.82 Å². The second-order valence-electron chi connectivity index (χ2n) is 4.86. The Bertz CT molecular complexity index is 584. The minimum absolute atomic E-state index is 0.0157. The van der Waals surface area contributed by atoms with Crippen molar-refractivity contribution in [1.29, 1.82) is 0 Å². The summed E-state index contributed by atoms with van der Waals surface area (Å²) in [4.78, 5) is 4.15. The van der Waals surface area contributed by atoms with Crippen molar-refractivity contribution in [2.45, 2.75) is 24.9 Å². The highest BCUT2D eigenvalue weighted by Crippen LogP contribution is 2.42. The molecule has 0 bridgehead atoms. The van der Waals surface area contributed by atoms with E-state index in [-0.39, 0.29) is 5.92 Å². The zero-order valence-electron chi connectivity index (χ0n) is 9.97. The van der Waals surface area contributed by atoms with Gasteiger partial charge in [0.05, 0.1) is 12.1 Å². The van der Waals surface area contributed by atoms with Crippen LogP contribution in [0.2, 0.25) is 0 Å². The summed E-state index contributed by atoms with van der Waals surface area (Å²) < 4.78 is 51.1. The minimum atomic E-state index is -4.64. The van der Waals surface area contributed by atoms with Gasteiger partial charge >= 0.3 is 6.18 Å². The maximum Gasteiger partial charge on any atom is 0.419 e. The summed E-state index contributed by atoms with van der Waals surface area (Å²) in [5.74, 6) is -1.22. The number of rotatable bonds is 1. The van der Waals surface area contributed by atoms with E-state index in [4.69, 9.17) is 0 Å². The highest BCUT2D eigenvalue weighted by molar-refractivity contribution is 5.85. The van der Waals surface area contributed by atoms with Crippen LogP contribution in [0.4, 0.5) is 17.6 Å². The normalized spacial score (nSPS) is 22.2. The first-order valence-corrected chi connectivity index (χ1v) is 6.05. The number of hydrogen-bond acceptors (Lipinski definition) is 1. The molecule has 1 atom stereocenters. The van der Waals surface area contributed by atoms with Crippen LogP contribution in [-0.2, 0) is 6.18 Å². The number of allylic oxidation sites excluding steroid dienone is 1. The Kier molecular flexibility index (Phi) is 2.73. The second-order valence-corrected chi connectivity index (χ2v) is 4.86. The number of alkyl halides is 3. The van der Waals surface area contributed by atoms with Crippen LogP contribution in [0.5, 0.6) is 0 Å². The lowest BCUT2D eigenvalue weighted by atomic mass is 9.92. The summed E-state index contributed by atoms with van der Waals surface area (Å²) in [6.45, 7) is 0.676. The van der Waals surface area contributed by atoms with E-state index in [9.17, 15) is 17.6 Å². The molecule has 100 valence electrons. The van der Waals surface area contributed by atoms with Gasteiger partial charge in [-0.05, 0) is 41.7 Å². The Morgan fingerprint density at radius 1 is 1.21 bits per heavy atom. The fourth-order valence-corrected chi connectivity index (χ4v) is 2.79. The molecule has 0 radical (unpaired) electrons. The van der Waals surface area contributed by atoms with Crippen molar-refractivity contribution >= 4 is 6.21 Å². The molecule has 19 heavy (non-hydrogen) atoms. The van der Waals surface area contributed by atoms with E-state index in [0.29, 0.717) is 12.1 Å². The van der Waals surface area contributed by atoms with E-state index in [0.717, 1.165) is 30.5 Å². The maximum absolute atomic E-state index is 13.6. The van der Waals surface area contributed by atoms with Crippen molar-refractivity contribution in [1.82, 2.24) is 0 Å². The average Bonchev–Trinajstić information content (AvgIpc) is 2.88. The smallest absolute Gasteiger partial charge is 0.288 e.